The van der Waals surface area contributed by atoms with Crippen molar-refractivity contribution in [3.63, 3.8) is 0 Å². The first kappa shape index (κ1) is 17.5. The van der Waals surface area contributed by atoms with Crippen LogP contribution in [-0.4, -0.2) is 23.0 Å². The fourth-order valence-electron chi connectivity index (χ4n) is 3.39. The van der Waals surface area contributed by atoms with Gasteiger partial charge in [0, 0.05) is 29.3 Å². The number of ether oxygens (including phenoxy) is 2. The van der Waals surface area contributed by atoms with Crippen LogP contribution >= 0.6 is 0 Å². The predicted molar refractivity (Wildman–Crippen MR) is 101 cm³/mol. The summed E-state index contributed by atoms with van der Waals surface area (Å²) in [6.45, 7) is 0. The van der Waals surface area contributed by atoms with Crippen LogP contribution in [0.5, 0.6) is 5.75 Å². The molecule has 140 valence electrons. The number of carbonyl (C=O) groups excluding carboxylic acids is 1. The minimum atomic E-state index is -0.632. The summed E-state index contributed by atoms with van der Waals surface area (Å²) in [7, 11) is 1.26. The van der Waals surface area contributed by atoms with Gasteiger partial charge in [-0.1, -0.05) is 30.3 Å². The third kappa shape index (κ3) is 2.71. The molecule has 3 aromatic rings. The lowest BCUT2D eigenvalue weighted by molar-refractivity contribution is -0.384. The number of fused-ring (bicyclic) bond motifs is 3. The highest BCUT2D eigenvalue weighted by Crippen LogP contribution is 2.45. The summed E-state index contributed by atoms with van der Waals surface area (Å²) in [5.74, 6) is -0.872. The first-order valence-corrected chi connectivity index (χ1v) is 8.39. The van der Waals surface area contributed by atoms with Crippen LogP contribution in [-0.2, 0) is 9.53 Å². The summed E-state index contributed by atoms with van der Waals surface area (Å²) in [6.07, 6.45) is 1.64. The van der Waals surface area contributed by atoms with Gasteiger partial charge in [-0.3, -0.25) is 15.1 Å². The molecule has 1 aromatic heterocycles. The lowest BCUT2D eigenvalue weighted by Crippen LogP contribution is -2.27. The van der Waals surface area contributed by atoms with Gasteiger partial charge in [-0.25, -0.2) is 4.79 Å². The van der Waals surface area contributed by atoms with E-state index in [0.717, 1.165) is 5.39 Å². The van der Waals surface area contributed by atoms with Crippen molar-refractivity contribution in [3.8, 4) is 5.75 Å². The topological polar surface area (TPSA) is 118 Å². The molecule has 0 spiro atoms. The third-order valence-electron chi connectivity index (χ3n) is 4.68. The Morgan fingerprint density at radius 3 is 2.64 bits per heavy atom. The van der Waals surface area contributed by atoms with E-state index in [1.807, 2.05) is 24.3 Å². The molecule has 2 heterocycles. The van der Waals surface area contributed by atoms with E-state index in [1.54, 1.807) is 18.3 Å². The number of nitrogens with two attached hydrogens (primary N) is 1. The second-order valence-corrected chi connectivity index (χ2v) is 6.21. The first-order valence-electron chi connectivity index (χ1n) is 8.39. The molecule has 1 aliphatic heterocycles. The molecule has 8 heteroatoms. The quantitative estimate of drug-likeness (QED) is 0.423. The highest BCUT2D eigenvalue weighted by Gasteiger charge is 2.36. The number of esters is 1. The zero-order valence-corrected chi connectivity index (χ0v) is 14.8. The summed E-state index contributed by atoms with van der Waals surface area (Å²) in [4.78, 5) is 27.3. The Morgan fingerprint density at radius 1 is 1.21 bits per heavy atom. The molecule has 2 aromatic carbocycles. The van der Waals surface area contributed by atoms with Crippen molar-refractivity contribution in [3.05, 3.63) is 87.4 Å². The number of pyridine rings is 1. The molecular weight excluding hydrogens is 362 g/mol. The molecule has 0 amide bonds. The molecule has 8 nitrogen and oxygen atoms in total. The first-order chi connectivity index (χ1) is 13.5. The van der Waals surface area contributed by atoms with Crippen molar-refractivity contribution in [1.82, 2.24) is 4.98 Å². The van der Waals surface area contributed by atoms with Crippen molar-refractivity contribution < 1.29 is 19.2 Å². The van der Waals surface area contributed by atoms with Gasteiger partial charge in [0.15, 0.2) is 5.75 Å². The van der Waals surface area contributed by atoms with Gasteiger partial charge in [-0.05, 0) is 11.6 Å². The smallest absolute Gasteiger partial charge is 0.340 e. The monoisotopic (exact) mass is 377 g/mol. The zero-order valence-electron chi connectivity index (χ0n) is 14.8. The standard InChI is InChI=1S/C20H15N3O5/c1-27-20(24)16-15(11-4-7-13(8-5-11)23(25)26)14-9-6-12-3-2-10-22-17(12)18(14)28-19(16)21/h2-10,15H,21H2,1H3. The Kier molecular flexibility index (Phi) is 4.15. The normalized spacial score (nSPS) is 15.7. The predicted octanol–water partition coefficient (Wildman–Crippen LogP) is 3.01. The van der Waals surface area contributed by atoms with E-state index in [4.69, 9.17) is 15.2 Å². The molecule has 4 rings (SSSR count). The van der Waals surface area contributed by atoms with E-state index >= 15 is 0 Å². The van der Waals surface area contributed by atoms with Crippen LogP contribution in [0.15, 0.2) is 66.2 Å². The number of hydrogen-bond acceptors (Lipinski definition) is 7. The number of hydrogen-bond donors (Lipinski definition) is 1. The molecule has 1 unspecified atom stereocenters. The maximum absolute atomic E-state index is 12.4. The maximum atomic E-state index is 12.4. The molecule has 0 radical (unpaired) electrons. The summed E-state index contributed by atoms with van der Waals surface area (Å²) in [5.41, 5.74) is 8.11. The fraction of sp³-hybridized carbons (Fsp3) is 0.100. The molecule has 1 aliphatic rings. The molecule has 28 heavy (non-hydrogen) atoms. The summed E-state index contributed by atoms with van der Waals surface area (Å²) >= 11 is 0. The number of benzene rings is 2. The van der Waals surface area contributed by atoms with Crippen LogP contribution < -0.4 is 10.5 Å². The van der Waals surface area contributed by atoms with Crippen molar-refractivity contribution in [2.75, 3.05) is 7.11 Å². The summed E-state index contributed by atoms with van der Waals surface area (Å²) < 4.78 is 10.7. The molecule has 0 bridgehead atoms. The van der Waals surface area contributed by atoms with E-state index in [2.05, 4.69) is 4.98 Å². The van der Waals surface area contributed by atoms with E-state index in [1.165, 1.54) is 19.2 Å². The van der Waals surface area contributed by atoms with Crippen LogP contribution in [0.25, 0.3) is 10.9 Å². The molecule has 1 atom stereocenters. The lowest BCUT2D eigenvalue weighted by Gasteiger charge is -2.28. The van der Waals surface area contributed by atoms with Gasteiger partial charge in [0.05, 0.1) is 18.0 Å². The van der Waals surface area contributed by atoms with Crippen molar-refractivity contribution in [2.45, 2.75) is 5.92 Å². The van der Waals surface area contributed by atoms with Gasteiger partial charge in [-0.2, -0.15) is 0 Å². The van der Waals surface area contributed by atoms with Crippen molar-refractivity contribution >= 4 is 22.6 Å². The van der Waals surface area contributed by atoms with Gasteiger partial charge in [0.1, 0.15) is 11.1 Å². The molecular formula is C20H15N3O5. The average Bonchev–Trinajstić information content (AvgIpc) is 2.72. The van der Waals surface area contributed by atoms with Gasteiger partial charge < -0.3 is 15.2 Å². The number of aromatic nitrogens is 1. The number of non-ortho nitro benzene ring substituents is 1. The molecule has 0 saturated carbocycles. The number of methoxy groups -OCH3 is 1. The average molecular weight is 377 g/mol. The third-order valence-corrected chi connectivity index (χ3v) is 4.68. The van der Waals surface area contributed by atoms with Crippen LogP contribution in [0.3, 0.4) is 0 Å². The second-order valence-electron chi connectivity index (χ2n) is 6.21. The Bertz CT molecular complexity index is 1140. The van der Waals surface area contributed by atoms with E-state index in [0.29, 0.717) is 22.4 Å². The number of nitro benzene ring substituents is 1. The van der Waals surface area contributed by atoms with Crippen LogP contribution in [0.4, 0.5) is 5.69 Å². The number of nitrogens with zero attached hydrogens (tertiary/aromatic N) is 2. The molecule has 0 saturated heterocycles. The van der Waals surface area contributed by atoms with Gasteiger partial charge in [-0.15, -0.1) is 0 Å². The number of nitro groups is 1. The Labute approximate surface area is 159 Å². The Morgan fingerprint density at radius 2 is 1.96 bits per heavy atom. The molecule has 0 aliphatic carbocycles. The summed E-state index contributed by atoms with van der Waals surface area (Å²) in [5, 5.41) is 11.8. The largest absolute Gasteiger partial charge is 0.465 e. The molecule has 2 N–H and O–H groups in total. The second kappa shape index (κ2) is 6.66. The molecule has 0 fully saturated rings. The number of rotatable bonds is 3. The van der Waals surface area contributed by atoms with Crippen molar-refractivity contribution in [2.24, 2.45) is 5.73 Å². The van der Waals surface area contributed by atoms with Crippen LogP contribution in [0.2, 0.25) is 0 Å². The minimum absolute atomic E-state index is 0.0484. The van der Waals surface area contributed by atoms with Crippen LogP contribution in [0.1, 0.15) is 17.0 Å². The maximum Gasteiger partial charge on any atom is 0.340 e. The highest BCUT2D eigenvalue weighted by molar-refractivity contribution is 5.95. The minimum Gasteiger partial charge on any atom is -0.465 e. The summed E-state index contributed by atoms with van der Waals surface area (Å²) in [6, 6.07) is 13.4. The Hall–Kier alpha value is -3.94. The SMILES string of the molecule is COC(=O)C1=C(N)Oc2c(ccc3cccnc23)C1c1ccc([N+](=O)[O-])cc1. The lowest BCUT2D eigenvalue weighted by atomic mass is 9.82. The van der Waals surface area contributed by atoms with Crippen molar-refractivity contribution in [1.29, 1.82) is 0 Å². The van der Waals surface area contributed by atoms with Gasteiger partial charge in [0.25, 0.3) is 5.69 Å². The Balaban J connectivity index is 1.96. The van der Waals surface area contributed by atoms with E-state index in [9.17, 15) is 14.9 Å². The number of carbonyl (C=O) groups is 1. The van der Waals surface area contributed by atoms with Gasteiger partial charge in [0.2, 0.25) is 5.88 Å². The zero-order chi connectivity index (χ0) is 19.8. The highest BCUT2D eigenvalue weighted by atomic mass is 16.6. The van der Waals surface area contributed by atoms with Gasteiger partial charge >= 0.3 is 5.97 Å². The van der Waals surface area contributed by atoms with Crippen LogP contribution in [0, 0.1) is 10.1 Å². The van der Waals surface area contributed by atoms with E-state index < -0.39 is 16.8 Å². The van der Waals surface area contributed by atoms with E-state index in [-0.39, 0.29) is 17.1 Å². The fourth-order valence-corrected chi connectivity index (χ4v) is 3.39.